The number of pyridine rings is 1. The Labute approximate surface area is 115 Å². The van der Waals surface area contributed by atoms with E-state index < -0.39 is 4.92 Å². The Morgan fingerprint density at radius 2 is 2.33 bits per heavy atom. The van der Waals surface area contributed by atoms with Crippen LogP contribution >= 0.6 is 27.3 Å². The lowest BCUT2D eigenvalue weighted by molar-refractivity contribution is -0.384. The Kier molecular flexibility index (Phi) is 4.00. The summed E-state index contributed by atoms with van der Waals surface area (Å²) in [6.07, 6.45) is 3.04. The van der Waals surface area contributed by atoms with Gasteiger partial charge in [0.25, 0.3) is 0 Å². The summed E-state index contributed by atoms with van der Waals surface area (Å²) in [5.74, 6) is 0.120. The van der Waals surface area contributed by atoms with Crippen molar-refractivity contribution in [2.75, 3.05) is 5.43 Å². The minimum absolute atomic E-state index is 0.109. The van der Waals surface area contributed by atoms with Crippen LogP contribution in [0.4, 0.5) is 11.5 Å². The molecular formula is C10H7BrN4O2S. The summed E-state index contributed by atoms with van der Waals surface area (Å²) in [4.78, 5) is 15.0. The summed E-state index contributed by atoms with van der Waals surface area (Å²) in [6.45, 7) is 0. The number of aromatic nitrogens is 1. The lowest BCUT2D eigenvalue weighted by Gasteiger charge is -1.99. The zero-order valence-electron chi connectivity index (χ0n) is 8.91. The fourth-order valence-electron chi connectivity index (χ4n) is 1.18. The zero-order valence-corrected chi connectivity index (χ0v) is 11.3. The molecule has 0 amide bonds. The monoisotopic (exact) mass is 326 g/mol. The van der Waals surface area contributed by atoms with Gasteiger partial charge in [0.2, 0.25) is 5.82 Å². The fraction of sp³-hybridized carbons (Fsp3) is 0. The molecule has 2 aromatic rings. The molecule has 0 aromatic carbocycles. The number of thiophene rings is 1. The van der Waals surface area contributed by atoms with Crippen LogP contribution in [0, 0.1) is 10.1 Å². The third kappa shape index (κ3) is 3.11. The first-order chi connectivity index (χ1) is 8.66. The Morgan fingerprint density at radius 1 is 1.50 bits per heavy atom. The molecule has 18 heavy (non-hydrogen) atoms. The highest BCUT2D eigenvalue weighted by atomic mass is 79.9. The van der Waals surface area contributed by atoms with Crippen LogP contribution in [0.5, 0.6) is 0 Å². The summed E-state index contributed by atoms with van der Waals surface area (Å²) >= 11 is 4.84. The van der Waals surface area contributed by atoms with Gasteiger partial charge in [0.05, 0.1) is 14.9 Å². The van der Waals surface area contributed by atoms with Gasteiger partial charge in [0.15, 0.2) is 0 Å². The molecule has 92 valence electrons. The Morgan fingerprint density at radius 3 is 3.00 bits per heavy atom. The van der Waals surface area contributed by atoms with E-state index in [1.54, 1.807) is 6.21 Å². The second kappa shape index (κ2) is 5.69. The van der Waals surface area contributed by atoms with Crippen molar-refractivity contribution in [2.24, 2.45) is 5.10 Å². The van der Waals surface area contributed by atoms with Gasteiger partial charge < -0.3 is 0 Å². The smallest absolute Gasteiger partial charge is 0.258 e. The number of nitrogens with one attached hydrogen (secondary N) is 1. The van der Waals surface area contributed by atoms with Crippen LogP contribution in [0.25, 0.3) is 0 Å². The molecular weight excluding hydrogens is 320 g/mol. The highest BCUT2D eigenvalue weighted by Crippen LogP contribution is 2.22. The number of halogens is 1. The van der Waals surface area contributed by atoms with E-state index in [1.165, 1.54) is 29.7 Å². The number of nitro groups is 1. The summed E-state index contributed by atoms with van der Waals surface area (Å²) in [6, 6.07) is 6.65. The maximum Gasteiger partial charge on any atom is 0.313 e. The van der Waals surface area contributed by atoms with Gasteiger partial charge in [-0.1, -0.05) is 0 Å². The van der Waals surface area contributed by atoms with E-state index in [2.05, 4.69) is 31.4 Å². The van der Waals surface area contributed by atoms with Crippen molar-refractivity contribution in [3.05, 3.63) is 49.2 Å². The number of hydrogen-bond donors (Lipinski definition) is 1. The molecule has 0 unspecified atom stereocenters. The molecule has 1 N–H and O–H groups in total. The van der Waals surface area contributed by atoms with Gasteiger partial charge in [-0.3, -0.25) is 15.5 Å². The van der Waals surface area contributed by atoms with Gasteiger partial charge in [-0.15, -0.1) is 11.3 Å². The standard InChI is InChI=1S/C10H7BrN4O2S/c11-9-4-3-7(18-9)6-13-14-10-8(15(16)17)2-1-5-12-10/h1-6H,(H,12,14)/b13-6-. The molecule has 0 fully saturated rings. The summed E-state index contributed by atoms with van der Waals surface area (Å²) in [7, 11) is 0. The molecule has 6 nitrogen and oxygen atoms in total. The van der Waals surface area contributed by atoms with E-state index in [9.17, 15) is 10.1 Å². The van der Waals surface area contributed by atoms with Gasteiger partial charge in [-0.05, 0) is 34.1 Å². The van der Waals surface area contributed by atoms with E-state index >= 15 is 0 Å². The van der Waals surface area contributed by atoms with Crippen LogP contribution in [0.2, 0.25) is 0 Å². The van der Waals surface area contributed by atoms with Crippen molar-refractivity contribution in [1.82, 2.24) is 4.98 Å². The first-order valence-electron chi connectivity index (χ1n) is 4.80. The SMILES string of the molecule is O=[N+]([O-])c1cccnc1N/N=C\c1ccc(Br)s1. The molecule has 2 aromatic heterocycles. The number of nitrogens with zero attached hydrogens (tertiary/aromatic N) is 3. The molecule has 0 saturated heterocycles. The van der Waals surface area contributed by atoms with Crippen molar-refractivity contribution >= 4 is 45.0 Å². The fourth-order valence-corrected chi connectivity index (χ4v) is 2.48. The topological polar surface area (TPSA) is 80.4 Å². The van der Waals surface area contributed by atoms with Crippen molar-refractivity contribution in [1.29, 1.82) is 0 Å². The van der Waals surface area contributed by atoms with E-state index in [0.29, 0.717) is 0 Å². The van der Waals surface area contributed by atoms with Crippen LogP contribution in [0.1, 0.15) is 4.88 Å². The Balaban J connectivity index is 2.11. The first-order valence-corrected chi connectivity index (χ1v) is 6.41. The number of rotatable bonds is 4. The van der Waals surface area contributed by atoms with Gasteiger partial charge in [0, 0.05) is 17.1 Å². The maximum atomic E-state index is 10.7. The van der Waals surface area contributed by atoms with Crippen LogP contribution in [-0.2, 0) is 0 Å². The Bertz CT molecular complexity index is 599. The molecule has 0 radical (unpaired) electrons. The number of anilines is 1. The molecule has 0 aliphatic carbocycles. The molecule has 8 heteroatoms. The van der Waals surface area contributed by atoms with E-state index in [0.717, 1.165) is 8.66 Å². The normalized spacial score (nSPS) is 10.7. The molecule has 0 bridgehead atoms. The second-order valence-corrected chi connectivity index (χ2v) is 5.63. The van der Waals surface area contributed by atoms with E-state index in [1.807, 2.05) is 12.1 Å². The molecule has 0 atom stereocenters. The predicted octanol–water partition coefficient (Wildman–Crippen LogP) is 3.26. The van der Waals surface area contributed by atoms with Gasteiger partial charge in [0.1, 0.15) is 0 Å². The molecule has 2 heterocycles. The van der Waals surface area contributed by atoms with Gasteiger partial charge in [-0.2, -0.15) is 5.10 Å². The average Bonchev–Trinajstić information content (AvgIpc) is 2.75. The van der Waals surface area contributed by atoms with Gasteiger partial charge >= 0.3 is 5.69 Å². The summed E-state index contributed by atoms with van der Waals surface area (Å²) < 4.78 is 0.993. The molecule has 0 saturated carbocycles. The third-order valence-electron chi connectivity index (χ3n) is 1.94. The zero-order chi connectivity index (χ0) is 13.0. The van der Waals surface area contributed by atoms with Crippen LogP contribution in [0.3, 0.4) is 0 Å². The summed E-state index contributed by atoms with van der Waals surface area (Å²) in [5, 5.41) is 14.6. The van der Waals surface area contributed by atoms with Crippen molar-refractivity contribution < 1.29 is 4.92 Å². The van der Waals surface area contributed by atoms with Crippen LogP contribution in [0.15, 0.2) is 39.4 Å². The van der Waals surface area contributed by atoms with E-state index in [4.69, 9.17) is 0 Å². The maximum absolute atomic E-state index is 10.7. The number of hydrazone groups is 1. The largest absolute Gasteiger partial charge is 0.313 e. The first kappa shape index (κ1) is 12.7. The van der Waals surface area contributed by atoms with Crippen molar-refractivity contribution in [3.63, 3.8) is 0 Å². The van der Waals surface area contributed by atoms with Crippen molar-refractivity contribution in [3.8, 4) is 0 Å². The molecule has 0 aliphatic heterocycles. The molecule has 0 spiro atoms. The lowest BCUT2D eigenvalue weighted by Crippen LogP contribution is -1.98. The second-order valence-electron chi connectivity index (χ2n) is 3.14. The highest BCUT2D eigenvalue weighted by Gasteiger charge is 2.12. The van der Waals surface area contributed by atoms with Gasteiger partial charge in [-0.25, -0.2) is 4.98 Å². The average molecular weight is 327 g/mol. The van der Waals surface area contributed by atoms with Crippen molar-refractivity contribution in [2.45, 2.75) is 0 Å². The summed E-state index contributed by atoms with van der Waals surface area (Å²) in [5.41, 5.74) is 2.45. The van der Waals surface area contributed by atoms with Crippen LogP contribution < -0.4 is 5.43 Å². The third-order valence-corrected chi connectivity index (χ3v) is 3.50. The van der Waals surface area contributed by atoms with E-state index in [-0.39, 0.29) is 11.5 Å². The highest BCUT2D eigenvalue weighted by molar-refractivity contribution is 9.11. The van der Waals surface area contributed by atoms with Crippen LogP contribution in [-0.4, -0.2) is 16.1 Å². The number of hydrogen-bond acceptors (Lipinski definition) is 6. The minimum Gasteiger partial charge on any atom is -0.258 e. The molecule has 0 aliphatic rings. The molecule has 2 rings (SSSR count). The lowest BCUT2D eigenvalue weighted by atomic mass is 10.4. The Hall–Kier alpha value is -1.80. The minimum atomic E-state index is -0.507. The predicted molar refractivity (Wildman–Crippen MR) is 74.1 cm³/mol. The quantitative estimate of drug-likeness (QED) is 0.531.